The van der Waals surface area contributed by atoms with Gasteiger partial charge in [0, 0.05) is 49.9 Å². The van der Waals surface area contributed by atoms with E-state index in [1.807, 2.05) is 6.92 Å². The fraction of sp³-hybridized carbons (Fsp3) is 0.440. The van der Waals surface area contributed by atoms with E-state index in [4.69, 9.17) is 11.6 Å². The second-order valence-corrected chi connectivity index (χ2v) is 10.2. The molecule has 1 aliphatic heterocycles. The summed E-state index contributed by atoms with van der Waals surface area (Å²) in [5, 5.41) is 5.56. The molecule has 1 aliphatic carbocycles. The number of Topliss-reactive ketones (excluding diaryl/α,β-unsaturated/α-hetero) is 1. The highest BCUT2D eigenvalue weighted by molar-refractivity contribution is 6.44. The monoisotopic (exact) mass is 520 g/mol. The number of likely N-dealkylation sites (N-methyl/N-ethyl adjacent to an activating group) is 1. The zero-order valence-electron chi connectivity index (χ0n) is 20.4. The van der Waals surface area contributed by atoms with E-state index in [9.17, 15) is 28.0 Å². The van der Waals surface area contributed by atoms with Gasteiger partial charge in [-0.25, -0.2) is 8.78 Å². The number of carbonyl (C=O) groups is 4. The average molecular weight is 521 g/mol. The molecule has 1 fully saturated rings. The third kappa shape index (κ3) is 4.38. The number of aryl methyl sites for hydroxylation is 1. The van der Waals surface area contributed by atoms with Gasteiger partial charge in [-0.05, 0) is 49.9 Å². The molecule has 1 aromatic heterocycles. The summed E-state index contributed by atoms with van der Waals surface area (Å²) in [6.07, 6.45) is -0.618. The number of alkyl halides is 2. The Hall–Kier alpha value is -3.27. The summed E-state index contributed by atoms with van der Waals surface area (Å²) in [7, 11) is 2.79. The lowest BCUT2D eigenvalue weighted by molar-refractivity contribution is -0.171. The molecule has 0 unspecified atom stereocenters. The van der Waals surface area contributed by atoms with E-state index in [0.29, 0.717) is 41.4 Å². The van der Waals surface area contributed by atoms with Gasteiger partial charge in [0.1, 0.15) is 11.2 Å². The fourth-order valence-corrected chi connectivity index (χ4v) is 5.29. The Bertz CT molecular complexity index is 1290. The van der Waals surface area contributed by atoms with Crippen molar-refractivity contribution in [2.45, 2.75) is 57.5 Å². The summed E-state index contributed by atoms with van der Waals surface area (Å²) in [6, 6.07) is 5.09. The van der Waals surface area contributed by atoms with Crippen molar-refractivity contribution in [2.75, 3.05) is 19.4 Å². The van der Waals surface area contributed by atoms with Gasteiger partial charge < -0.3 is 20.1 Å². The largest absolute Gasteiger partial charge is 0.347 e. The van der Waals surface area contributed by atoms with Crippen LogP contribution in [0.5, 0.6) is 0 Å². The lowest BCUT2D eigenvalue weighted by atomic mass is 9.72. The summed E-state index contributed by atoms with van der Waals surface area (Å²) in [6.45, 7) is 3.89. The molecule has 0 saturated heterocycles. The van der Waals surface area contributed by atoms with Crippen LogP contribution in [0.2, 0.25) is 5.02 Å². The number of carbonyl (C=O) groups excluding carboxylic acids is 4. The molecule has 0 spiro atoms. The molecule has 1 aromatic carbocycles. The van der Waals surface area contributed by atoms with Crippen LogP contribution in [0, 0.1) is 13.8 Å². The number of nitrogens with one attached hydrogen (secondary N) is 2. The summed E-state index contributed by atoms with van der Waals surface area (Å²) in [5.74, 6) is -6.39. The van der Waals surface area contributed by atoms with Crippen molar-refractivity contribution in [3.8, 4) is 0 Å². The molecule has 0 atom stereocenters. The molecule has 0 radical (unpaired) electrons. The van der Waals surface area contributed by atoms with Crippen LogP contribution < -0.4 is 10.6 Å². The first-order chi connectivity index (χ1) is 16.8. The molecular formula is C25H27ClF2N4O4. The first-order valence-corrected chi connectivity index (χ1v) is 11.9. The predicted molar refractivity (Wildman–Crippen MR) is 130 cm³/mol. The summed E-state index contributed by atoms with van der Waals surface area (Å²) in [4.78, 5) is 53.2. The zero-order valence-corrected chi connectivity index (χ0v) is 21.2. The number of amides is 3. The quantitative estimate of drug-likeness (QED) is 0.449. The van der Waals surface area contributed by atoms with E-state index in [0.717, 1.165) is 10.5 Å². The van der Waals surface area contributed by atoms with E-state index in [-0.39, 0.29) is 11.3 Å². The lowest BCUT2D eigenvalue weighted by Gasteiger charge is -2.47. The topological polar surface area (TPSA) is 101 Å². The third-order valence-corrected chi connectivity index (χ3v) is 7.18. The molecule has 8 nitrogen and oxygen atoms in total. The molecular weight excluding hydrogens is 494 g/mol. The van der Waals surface area contributed by atoms with Gasteiger partial charge >= 0.3 is 0 Å². The number of halogens is 3. The smallest absolute Gasteiger partial charge is 0.293 e. The van der Waals surface area contributed by atoms with Crippen LogP contribution >= 0.6 is 11.6 Å². The van der Waals surface area contributed by atoms with Crippen LogP contribution in [-0.2, 0) is 22.6 Å². The Morgan fingerprint density at radius 3 is 2.36 bits per heavy atom. The van der Waals surface area contributed by atoms with Gasteiger partial charge in [0.25, 0.3) is 23.5 Å². The van der Waals surface area contributed by atoms with Crippen LogP contribution in [0.25, 0.3) is 0 Å². The molecule has 36 heavy (non-hydrogen) atoms. The highest BCUT2D eigenvalue weighted by atomic mass is 35.5. The van der Waals surface area contributed by atoms with Crippen LogP contribution in [-0.4, -0.2) is 58.5 Å². The molecule has 2 N–H and O–H groups in total. The first-order valence-electron chi connectivity index (χ1n) is 11.5. The Kier molecular flexibility index (Phi) is 6.45. The number of benzene rings is 1. The second kappa shape index (κ2) is 8.99. The van der Waals surface area contributed by atoms with Gasteiger partial charge in [0.2, 0.25) is 5.91 Å². The number of nitrogens with zero attached hydrogens (tertiary/aromatic N) is 2. The van der Waals surface area contributed by atoms with Crippen LogP contribution in [0.4, 0.5) is 14.5 Å². The molecule has 2 aliphatic rings. The summed E-state index contributed by atoms with van der Waals surface area (Å²) >= 11 is 6.16. The van der Waals surface area contributed by atoms with E-state index in [1.54, 1.807) is 29.7 Å². The molecule has 2 aromatic rings. The first kappa shape index (κ1) is 25.8. The van der Waals surface area contributed by atoms with Crippen molar-refractivity contribution < 1.29 is 28.0 Å². The number of ketones is 1. The molecule has 3 amide bonds. The third-order valence-electron chi connectivity index (χ3n) is 6.78. The van der Waals surface area contributed by atoms with Gasteiger partial charge in [-0.3, -0.25) is 19.2 Å². The molecule has 11 heteroatoms. The van der Waals surface area contributed by atoms with Crippen LogP contribution in [0.15, 0.2) is 18.2 Å². The SMILES string of the molecule is Cc1ccc(NC(=O)c2c(C)c(C(=O)C(=O)NC3(C(=O)N(C)C)CC(F)(F)C3)c3n2CCC3)cc1Cl. The second-order valence-electron chi connectivity index (χ2n) is 9.74. The minimum Gasteiger partial charge on any atom is -0.347 e. The van der Waals surface area contributed by atoms with E-state index < -0.39 is 47.8 Å². The predicted octanol–water partition coefficient (Wildman–Crippen LogP) is 3.51. The van der Waals surface area contributed by atoms with E-state index >= 15 is 0 Å². The van der Waals surface area contributed by atoms with Crippen molar-refractivity contribution in [2.24, 2.45) is 0 Å². The van der Waals surface area contributed by atoms with Gasteiger partial charge in [-0.2, -0.15) is 0 Å². The maximum absolute atomic E-state index is 13.7. The lowest BCUT2D eigenvalue weighted by Crippen LogP contribution is -2.69. The molecule has 4 rings (SSSR count). The van der Waals surface area contributed by atoms with Crippen molar-refractivity contribution in [1.29, 1.82) is 0 Å². The van der Waals surface area contributed by atoms with Crippen molar-refractivity contribution in [3.05, 3.63) is 51.3 Å². The van der Waals surface area contributed by atoms with Crippen LogP contribution in [0.3, 0.4) is 0 Å². The summed E-state index contributed by atoms with van der Waals surface area (Å²) in [5.41, 5.74) is 0.633. The number of hydrogen-bond acceptors (Lipinski definition) is 4. The van der Waals surface area contributed by atoms with Gasteiger partial charge in [-0.15, -0.1) is 0 Å². The normalized spacial score (nSPS) is 17.1. The maximum Gasteiger partial charge on any atom is 0.293 e. The number of aromatic nitrogens is 1. The Morgan fingerprint density at radius 1 is 1.11 bits per heavy atom. The average Bonchev–Trinajstić information content (AvgIpc) is 3.33. The van der Waals surface area contributed by atoms with Crippen molar-refractivity contribution >= 4 is 40.8 Å². The molecule has 0 bridgehead atoms. The van der Waals surface area contributed by atoms with Gasteiger partial charge in [0.15, 0.2) is 0 Å². The minimum absolute atomic E-state index is 0.0654. The molecule has 1 saturated carbocycles. The van der Waals surface area contributed by atoms with Crippen molar-refractivity contribution in [3.63, 3.8) is 0 Å². The van der Waals surface area contributed by atoms with Crippen molar-refractivity contribution in [1.82, 2.24) is 14.8 Å². The number of fused-ring (bicyclic) bond motifs is 1. The number of hydrogen-bond donors (Lipinski definition) is 2. The Labute approximate surface area is 212 Å². The highest BCUT2D eigenvalue weighted by Crippen LogP contribution is 2.46. The minimum atomic E-state index is -3.11. The standard InChI is InChI=1S/C25H27ClF2N4O4/c1-13-7-8-15(10-16(13)26)29-21(34)19-14(2)18(17-6-5-9-32(17)19)20(33)22(35)30-24(23(36)31(3)4)11-25(27,28)12-24/h7-8,10H,5-6,9,11-12H2,1-4H3,(H,29,34)(H,30,35). The van der Waals surface area contributed by atoms with Gasteiger partial charge in [0.05, 0.1) is 5.56 Å². The van der Waals surface area contributed by atoms with E-state index in [1.165, 1.54) is 14.1 Å². The molecule has 2 heterocycles. The fourth-order valence-electron chi connectivity index (χ4n) is 5.11. The Balaban J connectivity index is 1.62. The number of rotatable bonds is 6. The Morgan fingerprint density at radius 2 is 1.78 bits per heavy atom. The summed E-state index contributed by atoms with van der Waals surface area (Å²) < 4.78 is 29.2. The van der Waals surface area contributed by atoms with Crippen LogP contribution in [0.1, 0.15) is 56.9 Å². The van der Waals surface area contributed by atoms with E-state index in [2.05, 4.69) is 10.6 Å². The maximum atomic E-state index is 13.7. The molecule has 192 valence electrons. The zero-order chi connectivity index (χ0) is 26.6. The van der Waals surface area contributed by atoms with Gasteiger partial charge in [-0.1, -0.05) is 17.7 Å². The number of anilines is 1. The highest BCUT2D eigenvalue weighted by Gasteiger charge is 2.62.